The zero-order valence-electron chi connectivity index (χ0n) is 16.3. The minimum atomic E-state index is -0.0375. The molecule has 0 unspecified atom stereocenters. The summed E-state index contributed by atoms with van der Waals surface area (Å²) >= 11 is 6.38. The molecule has 1 amide bonds. The van der Waals surface area contributed by atoms with E-state index in [1.54, 1.807) is 16.9 Å². The fraction of sp³-hybridized carbons (Fsp3) is 0.524. The van der Waals surface area contributed by atoms with Crippen LogP contribution in [0.3, 0.4) is 0 Å². The minimum absolute atomic E-state index is 0.0375. The minimum Gasteiger partial charge on any atom is -0.371 e. The third kappa shape index (κ3) is 4.71. The molecule has 2 aromatic rings. The molecule has 5 nitrogen and oxygen atoms in total. The van der Waals surface area contributed by atoms with Gasteiger partial charge in [-0.15, -0.1) is 0 Å². The summed E-state index contributed by atoms with van der Waals surface area (Å²) in [5, 5.41) is 4.71. The number of rotatable bonds is 6. The summed E-state index contributed by atoms with van der Waals surface area (Å²) in [7, 11) is 0. The Kier molecular flexibility index (Phi) is 6.55. The van der Waals surface area contributed by atoms with Gasteiger partial charge in [0, 0.05) is 25.5 Å². The maximum Gasteiger partial charge on any atom is 0.255 e. The Morgan fingerprint density at radius 2 is 2.19 bits per heavy atom. The van der Waals surface area contributed by atoms with E-state index in [2.05, 4.69) is 25.9 Å². The Morgan fingerprint density at radius 3 is 2.85 bits per heavy atom. The normalized spacial score (nSPS) is 20.3. The lowest BCUT2D eigenvalue weighted by Crippen LogP contribution is -2.51. The number of carbonyl (C=O) groups excluding carboxylic acids is 1. The van der Waals surface area contributed by atoms with Crippen LogP contribution in [-0.4, -0.2) is 45.9 Å². The van der Waals surface area contributed by atoms with Gasteiger partial charge in [-0.25, -0.2) is 4.68 Å². The highest BCUT2D eigenvalue weighted by Crippen LogP contribution is 2.26. The smallest absolute Gasteiger partial charge is 0.255 e. The van der Waals surface area contributed by atoms with Crippen LogP contribution in [0.4, 0.5) is 0 Å². The lowest BCUT2D eigenvalue weighted by molar-refractivity contribution is -0.0962. The lowest BCUT2D eigenvalue weighted by Gasteiger charge is -2.40. The van der Waals surface area contributed by atoms with E-state index in [1.807, 2.05) is 29.3 Å². The molecule has 1 aromatic heterocycles. The van der Waals surface area contributed by atoms with Crippen LogP contribution in [0.2, 0.25) is 5.02 Å². The first-order valence-corrected chi connectivity index (χ1v) is 10.1. The predicted octanol–water partition coefficient (Wildman–Crippen LogP) is 4.58. The van der Waals surface area contributed by atoms with Crippen molar-refractivity contribution in [1.82, 2.24) is 14.7 Å². The maximum atomic E-state index is 13.3. The molecule has 0 N–H and O–H groups in total. The Balaban J connectivity index is 1.83. The fourth-order valence-electron chi connectivity index (χ4n) is 3.41. The number of halogens is 1. The summed E-state index contributed by atoms with van der Waals surface area (Å²) in [4.78, 5) is 15.2. The summed E-state index contributed by atoms with van der Waals surface area (Å²) in [6.07, 6.45) is 6.90. The molecular weight excluding hydrogens is 362 g/mol. The quantitative estimate of drug-likeness (QED) is 0.726. The second kappa shape index (κ2) is 8.89. The van der Waals surface area contributed by atoms with Crippen molar-refractivity contribution in [3.8, 4) is 5.69 Å². The van der Waals surface area contributed by atoms with Gasteiger partial charge in [-0.2, -0.15) is 5.10 Å². The first kappa shape index (κ1) is 19.9. The maximum absolute atomic E-state index is 13.3. The average molecular weight is 390 g/mol. The van der Waals surface area contributed by atoms with Crippen molar-refractivity contribution < 1.29 is 9.53 Å². The van der Waals surface area contributed by atoms with Crippen LogP contribution >= 0.6 is 11.6 Å². The molecule has 1 aliphatic heterocycles. The van der Waals surface area contributed by atoms with Crippen molar-refractivity contribution in [2.24, 2.45) is 5.92 Å². The Hall–Kier alpha value is -1.85. The first-order chi connectivity index (χ1) is 13.0. The molecule has 27 heavy (non-hydrogen) atoms. The van der Waals surface area contributed by atoms with Crippen molar-refractivity contribution in [3.05, 3.63) is 47.2 Å². The lowest BCUT2D eigenvalue weighted by atomic mass is 10.0. The van der Waals surface area contributed by atoms with Gasteiger partial charge in [-0.1, -0.05) is 45.2 Å². The van der Waals surface area contributed by atoms with E-state index < -0.39 is 0 Å². The topological polar surface area (TPSA) is 47.4 Å². The molecule has 1 fully saturated rings. The number of amides is 1. The molecule has 3 rings (SSSR count). The molecule has 146 valence electrons. The van der Waals surface area contributed by atoms with E-state index in [9.17, 15) is 4.79 Å². The van der Waals surface area contributed by atoms with Crippen molar-refractivity contribution in [1.29, 1.82) is 0 Å². The number of unbranched alkanes of at least 4 members (excludes halogenated alkanes) is 1. The number of aromatic nitrogens is 2. The van der Waals surface area contributed by atoms with Crippen molar-refractivity contribution >= 4 is 17.5 Å². The van der Waals surface area contributed by atoms with Crippen LogP contribution in [-0.2, 0) is 4.74 Å². The SMILES string of the molecule is CCCC[C@@H]1CN(C(=O)c2cc(-n3cccn3)ccc2Cl)C[C@H](C(C)C)O1. The zero-order valence-corrected chi connectivity index (χ0v) is 17.0. The number of benzene rings is 1. The Labute approximate surface area is 166 Å². The van der Waals surface area contributed by atoms with Gasteiger partial charge in [-0.3, -0.25) is 4.79 Å². The van der Waals surface area contributed by atoms with Crippen molar-refractivity contribution in [2.45, 2.75) is 52.2 Å². The molecule has 0 radical (unpaired) electrons. The number of ether oxygens (including phenoxy) is 1. The number of hydrogen-bond donors (Lipinski definition) is 0. The molecule has 0 aliphatic carbocycles. The first-order valence-electron chi connectivity index (χ1n) is 9.74. The highest BCUT2D eigenvalue weighted by atomic mass is 35.5. The Bertz CT molecular complexity index is 761. The highest BCUT2D eigenvalue weighted by Gasteiger charge is 2.33. The predicted molar refractivity (Wildman–Crippen MR) is 108 cm³/mol. The summed E-state index contributed by atoms with van der Waals surface area (Å²) in [5.41, 5.74) is 1.34. The van der Waals surface area contributed by atoms with E-state index in [0.29, 0.717) is 29.6 Å². The van der Waals surface area contributed by atoms with Gasteiger partial charge >= 0.3 is 0 Å². The third-order valence-corrected chi connectivity index (χ3v) is 5.38. The largest absolute Gasteiger partial charge is 0.371 e. The van der Waals surface area contributed by atoms with Gasteiger partial charge in [-0.05, 0) is 36.6 Å². The van der Waals surface area contributed by atoms with E-state index in [-0.39, 0.29) is 18.1 Å². The summed E-state index contributed by atoms with van der Waals surface area (Å²) < 4.78 is 7.97. The van der Waals surface area contributed by atoms with E-state index in [1.165, 1.54) is 0 Å². The third-order valence-electron chi connectivity index (χ3n) is 5.05. The second-order valence-corrected chi connectivity index (χ2v) is 7.91. The monoisotopic (exact) mass is 389 g/mol. The Morgan fingerprint density at radius 1 is 1.37 bits per heavy atom. The zero-order chi connectivity index (χ0) is 19.4. The molecule has 0 spiro atoms. The average Bonchev–Trinajstić information content (AvgIpc) is 3.20. The van der Waals surface area contributed by atoms with E-state index >= 15 is 0 Å². The fourth-order valence-corrected chi connectivity index (χ4v) is 3.61. The summed E-state index contributed by atoms with van der Waals surface area (Å²) in [6.45, 7) is 7.67. The van der Waals surface area contributed by atoms with Crippen LogP contribution in [0.15, 0.2) is 36.7 Å². The van der Waals surface area contributed by atoms with Gasteiger partial charge in [0.05, 0.1) is 28.5 Å². The second-order valence-electron chi connectivity index (χ2n) is 7.51. The summed E-state index contributed by atoms with van der Waals surface area (Å²) in [5.74, 6) is 0.320. The summed E-state index contributed by atoms with van der Waals surface area (Å²) in [6, 6.07) is 7.30. The standard InChI is InChI=1S/C21H28ClN3O2/c1-4-5-7-17-13-24(14-20(27-17)15(2)3)21(26)18-12-16(8-9-19(18)22)25-11-6-10-23-25/h6,8-12,15,17,20H,4-5,7,13-14H2,1-3H3/t17-,20-/m1/s1. The van der Waals surface area contributed by atoms with Crippen molar-refractivity contribution in [3.63, 3.8) is 0 Å². The van der Waals surface area contributed by atoms with Crippen LogP contribution in [0.25, 0.3) is 5.69 Å². The number of carbonyl (C=O) groups is 1. The molecule has 6 heteroatoms. The van der Waals surface area contributed by atoms with Crippen LogP contribution in [0, 0.1) is 5.92 Å². The van der Waals surface area contributed by atoms with Gasteiger partial charge < -0.3 is 9.64 Å². The van der Waals surface area contributed by atoms with Crippen LogP contribution < -0.4 is 0 Å². The van der Waals surface area contributed by atoms with Crippen molar-refractivity contribution in [2.75, 3.05) is 13.1 Å². The number of hydrogen-bond acceptors (Lipinski definition) is 3. The molecule has 0 saturated carbocycles. The molecule has 2 atom stereocenters. The van der Waals surface area contributed by atoms with Gasteiger partial charge in [0.15, 0.2) is 0 Å². The van der Waals surface area contributed by atoms with Crippen LogP contribution in [0.1, 0.15) is 50.4 Å². The van der Waals surface area contributed by atoms with E-state index in [4.69, 9.17) is 16.3 Å². The molecule has 1 saturated heterocycles. The number of nitrogens with zero attached hydrogens (tertiary/aromatic N) is 3. The molecule has 1 aromatic carbocycles. The van der Waals surface area contributed by atoms with Gasteiger partial charge in [0.25, 0.3) is 5.91 Å². The van der Waals surface area contributed by atoms with Crippen LogP contribution in [0.5, 0.6) is 0 Å². The molecule has 0 bridgehead atoms. The molecule has 1 aliphatic rings. The molecule has 2 heterocycles. The van der Waals surface area contributed by atoms with Gasteiger partial charge in [0.2, 0.25) is 0 Å². The van der Waals surface area contributed by atoms with Gasteiger partial charge in [0.1, 0.15) is 0 Å². The number of morpholine rings is 1. The highest BCUT2D eigenvalue weighted by molar-refractivity contribution is 6.33. The van der Waals surface area contributed by atoms with E-state index in [0.717, 1.165) is 24.9 Å². The molecular formula is C21H28ClN3O2.